The Morgan fingerprint density at radius 2 is 1.65 bits per heavy atom. The van der Waals surface area contributed by atoms with Crippen LogP contribution in [-0.4, -0.2) is 13.4 Å². The van der Waals surface area contributed by atoms with Crippen molar-refractivity contribution in [2.24, 2.45) is 0 Å². The number of hydrogen-bond acceptors (Lipinski definition) is 3. The summed E-state index contributed by atoms with van der Waals surface area (Å²) in [5.74, 6) is 0. The van der Waals surface area contributed by atoms with Crippen LogP contribution in [0.1, 0.15) is 0 Å². The van der Waals surface area contributed by atoms with Crippen molar-refractivity contribution in [3.8, 4) is 11.3 Å². The van der Waals surface area contributed by atoms with Gasteiger partial charge in [0.05, 0.1) is 10.7 Å². The number of benzene rings is 1. The van der Waals surface area contributed by atoms with E-state index in [1.807, 2.05) is 18.2 Å². The highest BCUT2D eigenvalue weighted by Gasteiger charge is 2.15. The molecule has 0 amide bonds. The molecule has 0 atom stereocenters. The zero-order chi connectivity index (χ0) is 12.5. The van der Waals surface area contributed by atoms with Gasteiger partial charge in [-0.1, -0.05) is 41.9 Å². The van der Waals surface area contributed by atoms with Crippen molar-refractivity contribution in [2.75, 3.05) is 0 Å². The Bertz CT molecular complexity index is 642. The molecule has 0 spiro atoms. The molecule has 0 unspecified atom stereocenters. The molecule has 0 aliphatic rings. The highest BCUT2D eigenvalue weighted by molar-refractivity contribution is 8.13. The number of nitrogens with zero attached hydrogens (tertiary/aromatic N) is 1. The van der Waals surface area contributed by atoms with Gasteiger partial charge in [0.15, 0.2) is 5.03 Å². The number of pyridine rings is 1. The average molecular weight is 288 g/mol. The number of halogens is 2. The van der Waals surface area contributed by atoms with Crippen LogP contribution in [0.25, 0.3) is 11.3 Å². The van der Waals surface area contributed by atoms with Crippen LogP contribution in [0.2, 0.25) is 5.02 Å². The van der Waals surface area contributed by atoms with E-state index in [4.69, 9.17) is 22.3 Å². The van der Waals surface area contributed by atoms with Crippen LogP contribution in [0.3, 0.4) is 0 Å². The largest absolute Gasteiger partial charge is 0.278 e. The van der Waals surface area contributed by atoms with Crippen LogP contribution in [0.15, 0.2) is 47.5 Å². The van der Waals surface area contributed by atoms with Gasteiger partial charge in [0.2, 0.25) is 0 Å². The van der Waals surface area contributed by atoms with Crippen molar-refractivity contribution in [1.82, 2.24) is 4.98 Å². The fraction of sp³-hybridized carbons (Fsp3) is 0. The van der Waals surface area contributed by atoms with Gasteiger partial charge >= 0.3 is 0 Å². The Morgan fingerprint density at radius 1 is 1.00 bits per heavy atom. The Kier molecular flexibility index (Phi) is 3.38. The van der Waals surface area contributed by atoms with E-state index in [2.05, 4.69) is 4.98 Å². The molecule has 2 aromatic rings. The van der Waals surface area contributed by atoms with E-state index in [0.29, 0.717) is 10.7 Å². The van der Waals surface area contributed by atoms with Crippen molar-refractivity contribution in [2.45, 2.75) is 5.03 Å². The molecule has 1 aromatic carbocycles. The van der Waals surface area contributed by atoms with Crippen molar-refractivity contribution >= 4 is 31.3 Å². The van der Waals surface area contributed by atoms with Gasteiger partial charge < -0.3 is 0 Å². The molecule has 6 heteroatoms. The van der Waals surface area contributed by atoms with Gasteiger partial charge in [0, 0.05) is 16.2 Å². The summed E-state index contributed by atoms with van der Waals surface area (Å²) in [7, 11) is 1.39. The number of aromatic nitrogens is 1. The Balaban J connectivity index is 2.63. The fourth-order valence-corrected chi connectivity index (χ4v) is 2.26. The van der Waals surface area contributed by atoms with Crippen molar-refractivity contribution in [3.63, 3.8) is 0 Å². The Morgan fingerprint density at radius 3 is 2.24 bits per heavy atom. The summed E-state index contributed by atoms with van der Waals surface area (Å²) in [5.41, 5.74) is 1.13. The van der Waals surface area contributed by atoms with Crippen molar-refractivity contribution in [1.29, 1.82) is 0 Å². The molecule has 2 rings (SSSR count). The second-order valence-electron chi connectivity index (χ2n) is 3.28. The Hall–Kier alpha value is -1.10. The van der Waals surface area contributed by atoms with Crippen LogP contribution < -0.4 is 0 Å². The topological polar surface area (TPSA) is 47.0 Å². The van der Waals surface area contributed by atoms with Gasteiger partial charge in [0.25, 0.3) is 9.05 Å². The number of rotatable bonds is 2. The third kappa shape index (κ3) is 2.77. The van der Waals surface area contributed by atoms with E-state index >= 15 is 0 Å². The van der Waals surface area contributed by atoms with Crippen LogP contribution in [-0.2, 0) is 9.05 Å². The molecule has 0 saturated carbocycles. The summed E-state index contributed by atoms with van der Waals surface area (Å²) in [6.45, 7) is 0. The summed E-state index contributed by atoms with van der Waals surface area (Å²) >= 11 is 5.98. The third-order valence-corrected chi connectivity index (χ3v) is 3.62. The Labute approximate surface area is 108 Å². The van der Waals surface area contributed by atoms with Crippen molar-refractivity contribution < 1.29 is 8.42 Å². The zero-order valence-electron chi connectivity index (χ0n) is 8.47. The molecule has 0 radical (unpaired) electrons. The molecule has 0 fully saturated rings. The van der Waals surface area contributed by atoms with Gasteiger partial charge in [-0.2, -0.15) is 0 Å². The first-order chi connectivity index (χ1) is 7.98. The van der Waals surface area contributed by atoms with Gasteiger partial charge in [-0.25, -0.2) is 13.4 Å². The molecule has 0 bridgehead atoms. The molecule has 0 N–H and O–H groups in total. The lowest BCUT2D eigenvalue weighted by Gasteiger charge is -2.04. The highest BCUT2D eigenvalue weighted by Crippen LogP contribution is 2.27. The smallest absolute Gasteiger partial charge is 0.233 e. The van der Waals surface area contributed by atoms with E-state index in [1.165, 1.54) is 12.1 Å². The van der Waals surface area contributed by atoms with Gasteiger partial charge in [-0.3, -0.25) is 0 Å². The van der Waals surface area contributed by atoms with Gasteiger partial charge in [-0.15, -0.1) is 0 Å². The summed E-state index contributed by atoms with van der Waals surface area (Å²) < 4.78 is 22.4. The maximum absolute atomic E-state index is 11.2. The monoisotopic (exact) mass is 287 g/mol. The molecular weight excluding hydrogens is 281 g/mol. The lowest BCUT2D eigenvalue weighted by molar-refractivity contribution is 0.606. The number of hydrogen-bond donors (Lipinski definition) is 0. The van der Waals surface area contributed by atoms with E-state index in [-0.39, 0.29) is 5.03 Å². The summed E-state index contributed by atoms with van der Waals surface area (Å²) in [5, 5.41) is 0.169. The molecular formula is C11H7Cl2NO2S. The van der Waals surface area contributed by atoms with Gasteiger partial charge in [0.1, 0.15) is 0 Å². The first kappa shape index (κ1) is 12.4. The summed E-state index contributed by atoms with van der Waals surface area (Å²) in [4.78, 5) is 3.96. The summed E-state index contributed by atoms with van der Waals surface area (Å²) in [6, 6.07) is 11.8. The molecule has 0 saturated heterocycles. The minimum atomic E-state index is -3.85. The molecule has 1 aromatic heterocycles. The van der Waals surface area contributed by atoms with E-state index < -0.39 is 9.05 Å². The predicted molar refractivity (Wildman–Crippen MR) is 67.7 cm³/mol. The molecule has 1 heterocycles. The normalized spacial score (nSPS) is 11.4. The lowest BCUT2D eigenvalue weighted by Crippen LogP contribution is -1.97. The molecule has 0 aliphatic heterocycles. The van der Waals surface area contributed by atoms with Crippen LogP contribution in [0.4, 0.5) is 0 Å². The first-order valence-electron chi connectivity index (χ1n) is 4.65. The lowest BCUT2D eigenvalue weighted by atomic mass is 10.1. The third-order valence-electron chi connectivity index (χ3n) is 2.12. The minimum Gasteiger partial charge on any atom is -0.233 e. The highest BCUT2D eigenvalue weighted by atomic mass is 35.7. The second kappa shape index (κ2) is 4.64. The summed E-state index contributed by atoms with van der Waals surface area (Å²) in [6.07, 6.45) is 0. The van der Waals surface area contributed by atoms with E-state index in [0.717, 1.165) is 5.56 Å². The molecule has 17 heavy (non-hydrogen) atoms. The van der Waals surface area contributed by atoms with Gasteiger partial charge in [-0.05, 0) is 12.1 Å². The maximum atomic E-state index is 11.2. The van der Waals surface area contributed by atoms with Crippen LogP contribution in [0.5, 0.6) is 0 Å². The average Bonchev–Trinajstić information content (AvgIpc) is 2.29. The maximum Gasteiger partial charge on any atom is 0.278 e. The van der Waals surface area contributed by atoms with Crippen LogP contribution in [0, 0.1) is 0 Å². The molecule has 3 nitrogen and oxygen atoms in total. The fourth-order valence-electron chi connectivity index (χ4n) is 1.36. The van der Waals surface area contributed by atoms with Crippen LogP contribution >= 0.6 is 22.3 Å². The SMILES string of the molecule is O=S(=O)(Cl)c1ccc(Cl)c(-c2ccccc2)n1. The predicted octanol–water partition coefficient (Wildman–Crippen LogP) is 3.33. The first-order valence-corrected chi connectivity index (χ1v) is 7.34. The zero-order valence-corrected chi connectivity index (χ0v) is 10.8. The molecule has 88 valence electrons. The molecule has 0 aliphatic carbocycles. The van der Waals surface area contributed by atoms with E-state index in [9.17, 15) is 8.42 Å². The minimum absolute atomic E-state index is 0.206. The standard InChI is InChI=1S/C11H7Cl2NO2S/c12-9-6-7-10(17(13,15)16)14-11(9)8-4-2-1-3-5-8/h1-7H. The quantitative estimate of drug-likeness (QED) is 0.796. The second-order valence-corrected chi connectivity index (χ2v) is 6.20. The van der Waals surface area contributed by atoms with Crippen molar-refractivity contribution in [3.05, 3.63) is 47.5 Å². The van der Waals surface area contributed by atoms with E-state index in [1.54, 1.807) is 12.1 Å².